The third-order valence-electron chi connectivity index (χ3n) is 3.69. The molecule has 0 aromatic heterocycles. The van der Waals surface area contributed by atoms with Crippen LogP contribution in [-0.4, -0.2) is 53.0 Å². The molecule has 0 unspecified atom stereocenters. The molecule has 0 saturated carbocycles. The van der Waals surface area contributed by atoms with E-state index >= 15 is 0 Å². The van der Waals surface area contributed by atoms with Crippen LogP contribution in [0.25, 0.3) is 6.08 Å². The lowest BCUT2D eigenvalue weighted by atomic mass is 10.1. The Bertz CT molecular complexity index is 607. The first kappa shape index (κ1) is 15.7. The van der Waals surface area contributed by atoms with Crippen LogP contribution in [0.1, 0.15) is 11.1 Å². The van der Waals surface area contributed by atoms with Crippen LogP contribution in [0.2, 0.25) is 0 Å². The number of aryl methyl sites for hydroxylation is 1. The minimum Gasteiger partial charge on any atom is -0.379 e. The summed E-state index contributed by atoms with van der Waals surface area (Å²) in [7, 11) is 0. The van der Waals surface area contributed by atoms with Gasteiger partial charge in [-0.15, -0.1) is 0 Å². The molecule has 2 aliphatic rings. The van der Waals surface area contributed by atoms with E-state index in [1.165, 1.54) is 17.3 Å². The van der Waals surface area contributed by atoms with Gasteiger partial charge in [0, 0.05) is 13.1 Å². The average Bonchev–Trinajstić information content (AvgIpc) is 2.78. The van der Waals surface area contributed by atoms with Gasteiger partial charge in [0.1, 0.15) is 4.32 Å². The summed E-state index contributed by atoms with van der Waals surface area (Å²) in [6.07, 6.45) is 1.91. The summed E-state index contributed by atoms with van der Waals surface area (Å²) >= 11 is 6.75. The molecular formula is C16H18N2O2S2. The van der Waals surface area contributed by atoms with Gasteiger partial charge in [-0.25, -0.2) is 0 Å². The van der Waals surface area contributed by atoms with E-state index in [4.69, 9.17) is 17.0 Å². The molecule has 1 aromatic rings. The molecule has 1 aromatic carbocycles. The largest absolute Gasteiger partial charge is 0.379 e. The van der Waals surface area contributed by atoms with Crippen molar-refractivity contribution in [1.29, 1.82) is 0 Å². The second-order valence-electron chi connectivity index (χ2n) is 5.39. The van der Waals surface area contributed by atoms with Crippen LogP contribution < -0.4 is 0 Å². The molecule has 0 bridgehead atoms. The summed E-state index contributed by atoms with van der Waals surface area (Å²) in [5.41, 5.74) is 2.23. The van der Waals surface area contributed by atoms with Gasteiger partial charge in [0.2, 0.25) is 0 Å². The predicted octanol–water partition coefficient (Wildman–Crippen LogP) is 2.49. The Labute approximate surface area is 140 Å². The maximum Gasteiger partial charge on any atom is 0.267 e. The van der Waals surface area contributed by atoms with Crippen molar-refractivity contribution < 1.29 is 9.53 Å². The van der Waals surface area contributed by atoms with Crippen LogP contribution in [0, 0.1) is 6.92 Å². The molecule has 0 atom stereocenters. The number of thioether (sulfide) groups is 1. The first-order valence-corrected chi connectivity index (χ1v) is 8.48. The number of hydrogen-bond donors (Lipinski definition) is 0. The number of thiocarbonyl (C=S) groups is 1. The van der Waals surface area contributed by atoms with Crippen molar-refractivity contribution in [1.82, 2.24) is 9.80 Å². The van der Waals surface area contributed by atoms with E-state index in [9.17, 15) is 4.79 Å². The molecule has 3 rings (SSSR count). The van der Waals surface area contributed by atoms with E-state index in [-0.39, 0.29) is 5.91 Å². The number of carbonyl (C=O) groups excluding carboxylic acids is 1. The molecule has 2 aliphatic heterocycles. The minimum atomic E-state index is 0.00191. The Morgan fingerprint density at radius 1 is 1.27 bits per heavy atom. The zero-order valence-corrected chi connectivity index (χ0v) is 14.1. The van der Waals surface area contributed by atoms with Crippen LogP contribution in [0.5, 0.6) is 0 Å². The molecule has 2 fully saturated rings. The molecule has 2 saturated heterocycles. The Kier molecular flexibility index (Phi) is 4.93. The number of amides is 1. The number of benzene rings is 1. The van der Waals surface area contributed by atoms with Crippen molar-refractivity contribution in [2.75, 3.05) is 33.0 Å². The molecule has 116 valence electrons. The number of rotatable bonds is 3. The highest BCUT2D eigenvalue weighted by atomic mass is 32.2. The van der Waals surface area contributed by atoms with E-state index < -0.39 is 0 Å². The standard InChI is InChI=1S/C16H18N2O2S2/c1-12-2-4-13(5-3-12)10-14-15(19)18(16(21)22-14)11-17-6-8-20-9-7-17/h2-5,10H,6-9,11H2,1H3. The minimum absolute atomic E-state index is 0.00191. The first-order chi connectivity index (χ1) is 10.6. The number of morpholine rings is 1. The highest BCUT2D eigenvalue weighted by Gasteiger charge is 2.33. The summed E-state index contributed by atoms with van der Waals surface area (Å²) in [6, 6.07) is 8.12. The van der Waals surface area contributed by atoms with E-state index in [2.05, 4.69) is 4.90 Å². The monoisotopic (exact) mass is 334 g/mol. The summed E-state index contributed by atoms with van der Waals surface area (Å²) < 4.78 is 5.97. The lowest BCUT2D eigenvalue weighted by Crippen LogP contribution is -2.45. The van der Waals surface area contributed by atoms with Crippen molar-refractivity contribution in [2.24, 2.45) is 0 Å². The van der Waals surface area contributed by atoms with Crippen molar-refractivity contribution in [3.05, 3.63) is 40.3 Å². The Balaban J connectivity index is 1.71. The van der Waals surface area contributed by atoms with Crippen LogP contribution >= 0.6 is 24.0 Å². The Morgan fingerprint density at radius 3 is 2.64 bits per heavy atom. The summed E-state index contributed by atoms with van der Waals surface area (Å²) in [6.45, 7) is 5.72. The highest BCUT2D eigenvalue weighted by Crippen LogP contribution is 2.32. The zero-order chi connectivity index (χ0) is 15.5. The number of nitrogens with zero attached hydrogens (tertiary/aromatic N) is 2. The maximum absolute atomic E-state index is 12.6. The van der Waals surface area contributed by atoms with Gasteiger partial charge in [-0.2, -0.15) is 0 Å². The van der Waals surface area contributed by atoms with E-state index in [0.29, 0.717) is 29.1 Å². The molecule has 0 radical (unpaired) electrons. The molecule has 0 spiro atoms. The molecule has 22 heavy (non-hydrogen) atoms. The zero-order valence-electron chi connectivity index (χ0n) is 12.4. The summed E-state index contributed by atoms with van der Waals surface area (Å²) in [5.74, 6) is 0.00191. The molecule has 6 heteroatoms. The Hall–Kier alpha value is -1.21. The number of hydrogen-bond acceptors (Lipinski definition) is 5. The average molecular weight is 334 g/mol. The van der Waals surface area contributed by atoms with Gasteiger partial charge < -0.3 is 4.74 Å². The fourth-order valence-corrected chi connectivity index (χ4v) is 3.62. The van der Waals surface area contributed by atoms with Crippen molar-refractivity contribution >= 4 is 40.3 Å². The number of carbonyl (C=O) groups is 1. The van der Waals surface area contributed by atoms with E-state index in [0.717, 1.165) is 18.7 Å². The van der Waals surface area contributed by atoms with Crippen LogP contribution in [0.4, 0.5) is 0 Å². The van der Waals surface area contributed by atoms with Crippen molar-refractivity contribution in [3.8, 4) is 0 Å². The molecule has 4 nitrogen and oxygen atoms in total. The smallest absolute Gasteiger partial charge is 0.267 e. The van der Waals surface area contributed by atoms with Crippen molar-refractivity contribution in [3.63, 3.8) is 0 Å². The van der Waals surface area contributed by atoms with Crippen LogP contribution in [0.15, 0.2) is 29.2 Å². The molecule has 1 amide bonds. The van der Waals surface area contributed by atoms with Crippen LogP contribution in [0.3, 0.4) is 0 Å². The summed E-state index contributed by atoms with van der Waals surface area (Å²) in [5, 5.41) is 0. The van der Waals surface area contributed by atoms with Crippen molar-refractivity contribution in [2.45, 2.75) is 6.92 Å². The molecule has 0 N–H and O–H groups in total. The predicted molar refractivity (Wildman–Crippen MR) is 93.5 cm³/mol. The van der Waals surface area contributed by atoms with E-state index in [1.54, 1.807) is 4.90 Å². The fourth-order valence-electron chi connectivity index (χ4n) is 2.38. The lowest BCUT2D eigenvalue weighted by molar-refractivity contribution is -0.124. The molecule has 0 aliphatic carbocycles. The summed E-state index contributed by atoms with van der Waals surface area (Å²) in [4.78, 5) is 17.1. The van der Waals surface area contributed by atoms with Gasteiger partial charge in [-0.05, 0) is 18.6 Å². The quantitative estimate of drug-likeness (QED) is 0.626. The Morgan fingerprint density at radius 2 is 1.95 bits per heavy atom. The van der Waals surface area contributed by atoms with Crippen LogP contribution in [-0.2, 0) is 9.53 Å². The number of ether oxygens (including phenoxy) is 1. The van der Waals surface area contributed by atoms with Gasteiger partial charge in [0.15, 0.2) is 0 Å². The SMILES string of the molecule is Cc1ccc(C=C2SC(=S)N(CN3CCOCC3)C2=O)cc1. The van der Waals surface area contributed by atoms with Gasteiger partial charge in [-0.3, -0.25) is 14.6 Å². The fraction of sp³-hybridized carbons (Fsp3) is 0.375. The molecular weight excluding hydrogens is 316 g/mol. The van der Waals surface area contributed by atoms with Gasteiger partial charge >= 0.3 is 0 Å². The van der Waals surface area contributed by atoms with Gasteiger partial charge in [0.05, 0.1) is 24.8 Å². The lowest BCUT2D eigenvalue weighted by Gasteiger charge is -2.29. The maximum atomic E-state index is 12.6. The van der Waals surface area contributed by atoms with Gasteiger partial charge in [0.25, 0.3) is 5.91 Å². The third-order valence-corrected chi connectivity index (χ3v) is 5.07. The second-order valence-corrected chi connectivity index (χ2v) is 7.07. The highest BCUT2D eigenvalue weighted by molar-refractivity contribution is 8.26. The van der Waals surface area contributed by atoms with E-state index in [1.807, 2.05) is 37.3 Å². The topological polar surface area (TPSA) is 32.8 Å². The molecule has 2 heterocycles. The third kappa shape index (κ3) is 3.57. The normalized spacial score (nSPS) is 21.9. The second kappa shape index (κ2) is 6.91. The van der Waals surface area contributed by atoms with Gasteiger partial charge in [-0.1, -0.05) is 53.8 Å². The first-order valence-electron chi connectivity index (χ1n) is 7.25.